The van der Waals surface area contributed by atoms with Crippen LogP contribution in [0.3, 0.4) is 0 Å². The molecule has 0 aromatic heterocycles. The summed E-state index contributed by atoms with van der Waals surface area (Å²) in [4.78, 5) is 39.2. The first-order chi connectivity index (χ1) is 13.7. The van der Waals surface area contributed by atoms with Crippen molar-refractivity contribution in [1.82, 2.24) is 10.2 Å². The molecule has 29 heavy (non-hydrogen) atoms. The van der Waals surface area contributed by atoms with Crippen LogP contribution >= 0.6 is 11.6 Å². The number of esters is 1. The molecule has 8 heteroatoms. The quantitative estimate of drug-likeness (QED) is 0.680. The highest BCUT2D eigenvalue weighted by atomic mass is 35.5. The van der Waals surface area contributed by atoms with Crippen LogP contribution in [0.4, 0.5) is 0 Å². The molecule has 0 saturated carbocycles. The van der Waals surface area contributed by atoms with Crippen molar-refractivity contribution in [1.29, 1.82) is 0 Å². The molecule has 0 bridgehead atoms. The monoisotopic (exact) mass is 424 g/mol. The second-order valence-electron chi connectivity index (χ2n) is 7.51. The summed E-state index contributed by atoms with van der Waals surface area (Å²) in [6.45, 7) is 8.12. The number of hydrogen-bond donors (Lipinski definition) is 1. The summed E-state index contributed by atoms with van der Waals surface area (Å²) < 4.78 is 10.9. The van der Waals surface area contributed by atoms with E-state index < -0.39 is 17.9 Å². The fourth-order valence-electron chi connectivity index (χ4n) is 3.19. The maximum atomic E-state index is 12.6. The van der Waals surface area contributed by atoms with E-state index in [1.54, 1.807) is 29.2 Å². The molecule has 1 saturated heterocycles. The van der Waals surface area contributed by atoms with Gasteiger partial charge in [-0.1, -0.05) is 31.9 Å². The van der Waals surface area contributed by atoms with Crippen molar-refractivity contribution in [2.24, 2.45) is 5.92 Å². The number of rotatable bonds is 7. The molecule has 1 aromatic rings. The fraction of sp³-hybridized carbons (Fsp3) is 0.571. The number of amides is 2. The van der Waals surface area contributed by atoms with Crippen molar-refractivity contribution in [2.45, 2.75) is 52.4 Å². The molecule has 4 atom stereocenters. The van der Waals surface area contributed by atoms with Crippen LogP contribution in [0.2, 0.25) is 5.02 Å². The molecule has 1 aromatic carbocycles. The maximum absolute atomic E-state index is 12.6. The van der Waals surface area contributed by atoms with Gasteiger partial charge in [0.15, 0.2) is 6.61 Å². The Bertz CT molecular complexity index is 714. The first-order valence-corrected chi connectivity index (χ1v) is 10.2. The minimum Gasteiger partial charge on any atom is -0.454 e. The van der Waals surface area contributed by atoms with E-state index in [-0.39, 0.29) is 30.6 Å². The molecule has 1 heterocycles. The molecule has 0 radical (unpaired) electrons. The average Bonchev–Trinajstić information content (AvgIpc) is 2.68. The summed E-state index contributed by atoms with van der Waals surface area (Å²) in [5, 5.41) is 3.24. The van der Waals surface area contributed by atoms with E-state index in [1.165, 1.54) is 0 Å². The van der Waals surface area contributed by atoms with Gasteiger partial charge >= 0.3 is 5.97 Å². The lowest BCUT2D eigenvalue weighted by atomic mass is 9.99. The third-order valence-electron chi connectivity index (χ3n) is 4.97. The number of morpholine rings is 1. The summed E-state index contributed by atoms with van der Waals surface area (Å²) >= 11 is 5.85. The summed E-state index contributed by atoms with van der Waals surface area (Å²) in [6, 6.07) is 5.53. The summed E-state index contributed by atoms with van der Waals surface area (Å²) in [5.74, 6) is -1.44. The molecule has 2 unspecified atom stereocenters. The van der Waals surface area contributed by atoms with E-state index >= 15 is 0 Å². The largest absolute Gasteiger partial charge is 0.454 e. The smallest absolute Gasteiger partial charge is 0.329 e. The van der Waals surface area contributed by atoms with Gasteiger partial charge in [-0.2, -0.15) is 0 Å². The van der Waals surface area contributed by atoms with Crippen LogP contribution < -0.4 is 5.32 Å². The lowest BCUT2D eigenvalue weighted by Crippen LogP contribution is -2.50. The highest BCUT2D eigenvalue weighted by molar-refractivity contribution is 6.30. The Labute approximate surface area is 176 Å². The molecule has 1 aliphatic rings. The second kappa shape index (κ2) is 10.6. The van der Waals surface area contributed by atoms with Gasteiger partial charge in [0.2, 0.25) is 0 Å². The minimum atomic E-state index is -0.849. The number of nitrogens with one attached hydrogen (secondary N) is 1. The van der Waals surface area contributed by atoms with Crippen LogP contribution in [0.5, 0.6) is 0 Å². The van der Waals surface area contributed by atoms with Crippen molar-refractivity contribution in [3.63, 3.8) is 0 Å². The number of nitrogens with zero attached hydrogens (tertiary/aromatic N) is 1. The molecule has 7 nitrogen and oxygen atoms in total. The number of hydrogen-bond acceptors (Lipinski definition) is 5. The normalized spacial score (nSPS) is 21.2. The molecule has 0 aliphatic carbocycles. The van der Waals surface area contributed by atoms with Gasteiger partial charge in [-0.3, -0.25) is 9.59 Å². The third-order valence-corrected chi connectivity index (χ3v) is 5.22. The maximum Gasteiger partial charge on any atom is 0.329 e. The van der Waals surface area contributed by atoms with Gasteiger partial charge in [0.05, 0.1) is 12.2 Å². The lowest BCUT2D eigenvalue weighted by molar-refractivity contribution is -0.159. The minimum absolute atomic E-state index is 0.0649. The van der Waals surface area contributed by atoms with Crippen molar-refractivity contribution in [2.75, 3.05) is 19.7 Å². The predicted octanol–water partition coefficient (Wildman–Crippen LogP) is 2.66. The van der Waals surface area contributed by atoms with E-state index in [0.717, 1.165) is 0 Å². The zero-order valence-corrected chi connectivity index (χ0v) is 18.1. The van der Waals surface area contributed by atoms with Gasteiger partial charge in [-0.05, 0) is 44.0 Å². The van der Waals surface area contributed by atoms with Crippen molar-refractivity contribution >= 4 is 29.4 Å². The number of carbonyl (C=O) groups is 3. The van der Waals surface area contributed by atoms with Gasteiger partial charge in [0, 0.05) is 23.7 Å². The molecule has 1 N–H and O–H groups in total. The van der Waals surface area contributed by atoms with Crippen LogP contribution in [0.25, 0.3) is 0 Å². The molecule has 0 spiro atoms. The van der Waals surface area contributed by atoms with Gasteiger partial charge in [-0.15, -0.1) is 0 Å². The number of ether oxygens (including phenoxy) is 2. The first kappa shape index (κ1) is 23.2. The van der Waals surface area contributed by atoms with Gasteiger partial charge < -0.3 is 19.7 Å². The van der Waals surface area contributed by atoms with Gasteiger partial charge in [-0.25, -0.2) is 4.79 Å². The lowest BCUT2D eigenvalue weighted by Gasteiger charge is -2.35. The summed E-state index contributed by atoms with van der Waals surface area (Å²) in [6.07, 6.45) is 0.530. The van der Waals surface area contributed by atoms with Crippen LogP contribution in [0.15, 0.2) is 24.3 Å². The Morgan fingerprint density at radius 2 is 1.79 bits per heavy atom. The standard InChI is InChI=1S/C21H29ClN2O5/c1-5-13(2)19(23-20(26)16-6-8-17(22)9-7-16)21(27)28-12-18(25)24-10-14(3)29-15(4)11-24/h6-9,13-15,19H,5,10-12H2,1-4H3,(H,23,26)/t13-,14?,15?,19-/m0/s1. The van der Waals surface area contributed by atoms with E-state index in [2.05, 4.69) is 5.32 Å². The molecule has 2 rings (SSSR count). The van der Waals surface area contributed by atoms with E-state index in [9.17, 15) is 14.4 Å². The Kier molecular flexibility index (Phi) is 8.46. The molecular weight excluding hydrogens is 396 g/mol. The Hall–Kier alpha value is -2.12. The second-order valence-corrected chi connectivity index (χ2v) is 7.94. The van der Waals surface area contributed by atoms with Gasteiger partial charge in [0.1, 0.15) is 6.04 Å². The third kappa shape index (κ3) is 6.72. The van der Waals surface area contributed by atoms with Gasteiger partial charge in [0.25, 0.3) is 11.8 Å². The van der Waals surface area contributed by atoms with Crippen LogP contribution in [-0.2, 0) is 19.1 Å². The highest BCUT2D eigenvalue weighted by Crippen LogP contribution is 2.14. The van der Waals surface area contributed by atoms with Crippen molar-refractivity contribution in [3.05, 3.63) is 34.9 Å². The van der Waals surface area contributed by atoms with E-state index in [4.69, 9.17) is 21.1 Å². The Morgan fingerprint density at radius 3 is 2.34 bits per heavy atom. The number of carbonyl (C=O) groups excluding carboxylic acids is 3. The Balaban J connectivity index is 1.96. The van der Waals surface area contributed by atoms with Crippen molar-refractivity contribution in [3.8, 4) is 0 Å². The predicted molar refractivity (Wildman–Crippen MR) is 110 cm³/mol. The average molecular weight is 425 g/mol. The van der Waals surface area contributed by atoms with Crippen LogP contribution in [0, 0.1) is 5.92 Å². The molecule has 1 aliphatic heterocycles. The van der Waals surface area contributed by atoms with E-state index in [0.29, 0.717) is 30.1 Å². The zero-order valence-electron chi connectivity index (χ0n) is 17.3. The van der Waals surface area contributed by atoms with E-state index in [1.807, 2.05) is 27.7 Å². The first-order valence-electron chi connectivity index (χ1n) is 9.87. The van der Waals surface area contributed by atoms with Crippen LogP contribution in [0.1, 0.15) is 44.5 Å². The molecule has 1 fully saturated rings. The van der Waals surface area contributed by atoms with Crippen molar-refractivity contribution < 1.29 is 23.9 Å². The Morgan fingerprint density at radius 1 is 1.21 bits per heavy atom. The fourth-order valence-corrected chi connectivity index (χ4v) is 3.32. The number of benzene rings is 1. The molecular formula is C21H29ClN2O5. The molecule has 160 valence electrons. The van der Waals surface area contributed by atoms with Crippen LogP contribution in [-0.4, -0.2) is 60.6 Å². The highest BCUT2D eigenvalue weighted by Gasteiger charge is 2.30. The summed E-state index contributed by atoms with van der Waals surface area (Å²) in [7, 11) is 0. The topological polar surface area (TPSA) is 84.9 Å². The number of halogens is 1. The summed E-state index contributed by atoms with van der Waals surface area (Å²) in [5.41, 5.74) is 0.392. The SMILES string of the molecule is CC[C@H](C)[C@H](NC(=O)c1ccc(Cl)cc1)C(=O)OCC(=O)N1CC(C)OC(C)C1. The zero-order chi connectivity index (χ0) is 21.6. The molecule has 2 amide bonds.